The van der Waals surface area contributed by atoms with Crippen molar-refractivity contribution in [2.24, 2.45) is 0 Å². The summed E-state index contributed by atoms with van der Waals surface area (Å²) in [7, 11) is 0. The molecule has 0 aliphatic carbocycles. The van der Waals surface area contributed by atoms with Gasteiger partial charge in [-0.15, -0.1) is 0 Å². The van der Waals surface area contributed by atoms with Crippen LogP contribution < -0.4 is 0 Å². The average molecular weight is 347 g/mol. The minimum absolute atomic E-state index is 0.153. The summed E-state index contributed by atoms with van der Waals surface area (Å²) in [4.78, 5) is 11.5. The maximum absolute atomic E-state index is 11.5. The Labute approximate surface area is 152 Å². The van der Waals surface area contributed by atoms with E-state index in [4.69, 9.17) is 0 Å². The predicted octanol–water partition coefficient (Wildman–Crippen LogP) is 5.94. The normalized spacial score (nSPS) is 13.9. The second-order valence-electron chi connectivity index (χ2n) is 6.91. The molecule has 3 heteroatoms. The van der Waals surface area contributed by atoms with Gasteiger partial charge in [-0.2, -0.15) is 0 Å². The van der Waals surface area contributed by atoms with E-state index in [9.17, 15) is 15.0 Å². The van der Waals surface area contributed by atoms with Crippen LogP contribution in [0.3, 0.4) is 0 Å². The molecule has 0 aliphatic heterocycles. The van der Waals surface area contributed by atoms with Gasteiger partial charge >= 0.3 is 5.97 Å². The summed E-state index contributed by atoms with van der Waals surface area (Å²) in [6.07, 6.45) is 13.8. The van der Waals surface area contributed by atoms with E-state index in [2.05, 4.69) is 19.1 Å². The van der Waals surface area contributed by atoms with Gasteiger partial charge in [0.25, 0.3) is 0 Å². The lowest BCUT2D eigenvalue weighted by Gasteiger charge is -2.16. The number of unbranched alkanes of at least 4 members (excludes halogenated alkanes) is 5. The molecule has 0 amide bonds. The molecule has 140 valence electrons. The minimum Gasteiger partial charge on any atom is -0.478 e. The predicted molar refractivity (Wildman–Crippen MR) is 104 cm³/mol. The Balaban J connectivity index is 2.73. The molecule has 0 saturated carbocycles. The Hall–Kier alpha value is -1.61. The first-order valence-electron chi connectivity index (χ1n) is 9.73. The van der Waals surface area contributed by atoms with Crippen molar-refractivity contribution in [3.05, 3.63) is 47.5 Å². The topological polar surface area (TPSA) is 57.5 Å². The molecule has 0 radical (unpaired) electrons. The number of carboxylic acids is 1. The molecular weight excluding hydrogens is 312 g/mol. The second kappa shape index (κ2) is 12.7. The van der Waals surface area contributed by atoms with E-state index in [1.807, 2.05) is 19.1 Å². The fourth-order valence-electron chi connectivity index (χ4n) is 3.13. The molecule has 0 spiro atoms. The van der Waals surface area contributed by atoms with Crippen LogP contribution in [0.5, 0.6) is 0 Å². The van der Waals surface area contributed by atoms with Crippen molar-refractivity contribution in [2.75, 3.05) is 0 Å². The van der Waals surface area contributed by atoms with Gasteiger partial charge in [0.15, 0.2) is 0 Å². The van der Waals surface area contributed by atoms with Crippen LogP contribution in [-0.4, -0.2) is 22.3 Å². The van der Waals surface area contributed by atoms with Gasteiger partial charge in [-0.25, -0.2) is 4.79 Å². The van der Waals surface area contributed by atoms with Gasteiger partial charge in [0.1, 0.15) is 0 Å². The molecule has 1 aromatic carbocycles. The highest BCUT2D eigenvalue weighted by Crippen LogP contribution is 2.28. The van der Waals surface area contributed by atoms with Crippen molar-refractivity contribution in [1.29, 1.82) is 0 Å². The summed E-state index contributed by atoms with van der Waals surface area (Å²) >= 11 is 0. The van der Waals surface area contributed by atoms with Gasteiger partial charge < -0.3 is 10.2 Å². The van der Waals surface area contributed by atoms with Gasteiger partial charge in [0.2, 0.25) is 0 Å². The number of aromatic carboxylic acids is 1. The maximum Gasteiger partial charge on any atom is 0.335 e. The van der Waals surface area contributed by atoms with Gasteiger partial charge in [-0.3, -0.25) is 0 Å². The molecule has 0 unspecified atom stereocenters. The summed E-state index contributed by atoms with van der Waals surface area (Å²) in [5, 5.41) is 18.8. The van der Waals surface area contributed by atoms with Crippen LogP contribution in [0.4, 0.5) is 0 Å². The van der Waals surface area contributed by atoms with Gasteiger partial charge in [0, 0.05) is 5.92 Å². The van der Waals surface area contributed by atoms with Gasteiger partial charge in [-0.1, -0.05) is 69.4 Å². The SMILES string of the molecule is CCCCCCC[C@@H](/C=C/CCC[C@H](C)O)c1ccccc1C(=O)O. The highest BCUT2D eigenvalue weighted by Gasteiger charge is 2.16. The highest BCUT2D eigenvalue weighted by atomic mass is 16.4. The standard InChI is InChI=1S/C22H34O3/c1-3-4-5-6-9-14-19(15-10-7-8-13-18(2)23)20-16-11-12-17-21(20)22(24)25/h10-12,15-19,23H,3-9,13-14H2,1-2H3,(H,24,25)/b15-10+/t18-,19-/m0/s1. The number of carboxylic acid groups (broad SMARTS) is 1. The van der Waals surface area contributed by atoms with Crippen molar-refractivity contribution in [3.8, 4) is 0 Å². The first-order valence-corrected chi connectivity index (χ1v) is 9.73. The zero-order valence-electron chi connectivity index (χ0n) is 15.8. The molecule has 0 aliphatic rings. The summed E-state index contributed by atoms with van der Waals surface area (Å²) < 4.78 is 0. The molecule has 0 aromatic heterocycles. The third-order valence-corrected chi connectivity index (χ3v) is 4.57. The van der Waals surface area contributed by atoms with Crippen LogP contribution >= 0.6 is 0 Å². The van der Waals surface area contributed by atoms with E-state index in [1.54, 1.807) is 12.1 Å². The Morgan fingerprint density at radius 3 is 2.48 bits per heavy atom. The summed E-state index contributed by atoms with van der Waals surface area (Å²) in [6, 6.07) is 7.36. The number of hydrogen-bond acceptors (Lipinski definition) is 2. The van der Waals surface area contributed by atoms with E-state index in [1.165, 1.54) is 25.7 Å². The largest absolute Gasteiger partial charge is 0.478 e. The molecule has 0 fully saturated rings. The number of benzene rings is 1. The fourth-order valence-corrected chi connectivity index (χ4v) is 3.13. The molecule has 2 N–H and O–H groups in total. The van der Waals surface area contributed by atoms with Crippen molar-refractivity contribution in [2.45, 2.75) is 83.7 Å². The molecule has 0 bridgehead atoms. The molecule has 0 heterocycles. The molecule has 2 atom stereocenters. The number of carbonyl (C=O) groups is 1. The summed E-state index contributed by atoms with van der Waals surface area (Å²) in [5.74, 6) is -0.699. The second-order valence-corrected chi connectivity index (χ2v) is 6.91. The van der Waals surface area contributed by atoms with E-state index in [-0.39, 0.29) is 12.0 Å². The lowest BCUT2D eigenvalue weighted by Crippen LogP contribution is -2.06. The maximum atomic E-state index is 11.5. The monoisotopic (exact) mass is 346 g/mol. The zero-order valence-corrected chi connectivity index (χ0v) is 15.8. The Bertz CT molecular complexity index is 520. The molecule has 1 aromatic rings. The Morgan fingerprint density at radius 1 is 1.08 bits per heavy atom. The van der Waals surface area contributed by atoms with E-state index < -0.39 is 5.97 Å². The Morgan fingerprint density at radius 2 is 1.80 bits per heavy atom. The van der Waals surface area contributed by atoms with Crippen molar-refractivity contribution in [1.82, 2.24) is 0 Å². The summed E-state index contributed by atoms with van der Waals surface area (Å²) in [6.45, 7) is 4.02. The lowest BCUT2D eigenvalue weighted by molar-refractivity contribution is 0.0695. The molecule has 3 nitrogen and oxygen atoms in total. The third kappa shape index (κ3) is 8.87. The third-order valence-electron chi connectivity index (χ3n) is 4.57. The van der Waals surface area contributed by atoms with Gasteiger partial charge in [0.05, 0.1) is 11.7 Å². The minimum atomic E-state index is -0.853. The average Bonchev–Trinajstić information content (AvgIpc) is 2.59. The smallest absolute Gasteiger partial charge is 0.335 e. The van der Waals surface area contributed by atoms with Crippen molar-refractivity contribution >= 4 is 5.97 Å². The number of aliphatic hydroxyl groups is 1. The van der Waals surface area contributed by atoms with Crippen LogP contribution in [0, 0.1) is 0 Å². The molecular formula is C22H34O3. The van der Waals surface area contributed by atoms with E-state index >= 15 is 0 Å². The zero-order chi connectivity index (χ0) is 18.5. The Kier molecular flexibility index (Phi) is 10.9. The number of hydrogen-bond donors (Lipinski definition) is 2. The molecule has 0 saturated heterocycles. The van der Waals surface area contributed by atoms with Crippen LogP contribution in [0.2, 0.25) is 0 Å². The van der Waals surface area contributed by atoms with Crippen LogP contribution in [0.15, 0.2) is 36.4 Å². The quantitative estimate of drug-likeness (QED) is 0.343. The van der Waals surface area contributed by atoms with Gasteiger partial charge in [-0.05, 0) is 44.2 Å². The van der Waals surface area contributed by atoms with E-state index in [0.717, 1.165) is 37.7 Å². The number of aliphatic hydroxyl groups excluding tert-OH is 1. The van der Waals surface area contributed by atoms with Crippen molar-refractivity contribution in [3.63, 3.8) is 0 Å². The number of rotatable bonds is 13. The lowest BCUT2D eigenvalue weighted by atomic mass is 9.89. The fraction of sp³-hybridized carbons (Fsp3) is 0.591. The summed E-state index contributed by atoms with van der Waals surface area (Å²) in [5.41, 5.74) is 1.33. The highest BCUT2D eigenvalue weighted by molar-refractivity contribution is 5.89. The van der Waals surface area contributed by atoms with Crippen molar-refractivity contribution < 1.29 is 15.0 Å². The first-order chi connectivity index (χ1) is 12.1. The first kappa shape index (κ1) is 21.4. The van der Waals surface area contributed by atoms with Crippen LogP contribution in [0.1, 0.15) is 93.5 Å². The molecule has 25 heavy (non-hydrogen) atoms. The van der Waals surface area contributed by atoms with Crippen LogP contribution in [-0.2, 0) is 0 Å². The van der Waals surface area contributed by atoms with E-state index in [0.29, 0.717) is 5.56 Å². The van der Waals surface area contributed by atoms with Crippen LogP contribution in [0.25, 0.3) is 0 Å². The molecule has 1 rings (SSSR count). The number of allylic oxidation sites excluding steroid dienone is 2.